The third kappa shape index (κ3) is 5.01. The zero-order chi connectivity index (χ0) is 22.8. The van der Waals surface area contributed by atoms with Crippen molar-refractivity contribution < 1.29 is 13.2 Å². The number of nitrogens with zero attached hydrogens (tertiary/aromatic N) is 1. The fourth-order valence-corrected chi connectivity index (χ4v) is 4.74. The van der Waals surface area contributed by atoms with E-state index in [1.807, 2.05) is 19.9 Å². The van der Waals surface area contributed by atoms with Gasteiger partial charge in [0, 0.05) is 6.08 Å². The molecule has 0 aliphatic carbocycles. The van der Waals surface area contributed by atoms with Gasteiger partial charge in [0.05, 0.1) is 20.6 Å². The minimum Gasteiger partial charge on any atom is -0.268 e. The van der Waals surface area contributed by atoms with Gasteiger partial charge in [0.15, 0.2) is 0 Å². The Morgan fingerprint density at radius 1 is 0.903 bits per heavy atom. The average Bonchev–Trinajstić information content (AvgIpc) is 2.72. The number of amides is 1. The van der Waals surface area contributed by atoms with Gasteiger partial charge >= 0.3 is 0 Å². The maximum atomic E-state index is 13.5. The topological polar surface area (TPSA) is 54.5 Å². The van der Waals surface area contributed by atoms with Crippen LogP contribution in [-0.2, 0) is 14.8 Å². The SMILES string of the molecule is Cc1ccc(S(=O)(=O)N(C(=O)/C=C/c2ccc(Cl)c(Cl)c2)c2cccc(C)c2C)cc1. The summed E-state index contributed by atoms with van der Waals surface area (Å²) in [5.74, 6) is -0.694. The highest BCUT2D eigenvalue weighted by Gasteiger charge is 2.31. The highest BCUT2D eigenvalue weighted by molar-refractivity contribution is 7.93. The molecule has 31 heavy (non-hydrogen) atoms. The number of hydrogen-bond acceptors (Lipinski definition) is 3. The summed E-state index contributed by atoms with van der Waals surface area (Å²) in [6.45, 7) is 5.52. The van der Waals surface area contributed by atoms with Crippen LogP contribution < -0.4 is 4.31 Å². The normalized spacial score (nSPS) is 11.6. The molecule has 0 saturated heterocycles. The lowest BCUT2D eigenvalue weighted by Gasteiger charge is -2.24. The number of halogens is 2. The van der Waals surface area contributed by atoms with E-state index in [4.69, 9.17) is 23.2 Å². The summed E-state index contributed by atoms with van der Waals surface area (Å²) in [6, 6.07) is 16.5. The van der Waals surface area contributed by atoms with Gasteiger partial charge in [-0.2, -0.15) is 4.31 Å². The van der Waals surface area contributed by atoms with Crippen molar-refractivity contribution in [3.8, 4) is 0 Å². The Morgan fingerprint density at radius 3 is 2.23 bits per heavy atom. The molecule has 0 unspecified atom stereocenters. The molecule has 0 radical (unpaired) electrons. The van der Waals surface area contributed by atoms with Crippen molar-refractivity contribution in [1.29, 1.82) is 0 Å². The summed E-state index contributed by atoms with van der Waals surface area (Å²) in [6.07, 6.45) is 2.72. The smallest absolute Gasteiger partial charge is 0.268 e. The van der Waals surface area contributed by atoms with Crippen LogP contribution in [0.15, 0.2) is 71.6 Å². The van der Waals surface area contributed by atoms with Crippen molar-refractivity contribution in [2.75, 3.05) is 4.31 Å². The second-order valence-electron chi connectivity index (χ2n) is 7.15. The molecule has 1 amide bonds. The van der Waals surface area contributed by atoms with E-state index in [0.29, 0.717) is 26.9 Å². The zero-order valence-corrected chi connectivity index (χ0v) is 19.6. The second-order valence-corrected chi connectivity index (χ2v) is 9.75. The van der Waals surface area contributed by atoms with E-state index in [2.05, 4.69) is 0 Å². The van der Waals surface area contributed by atoms with Crippen LogP contribution >= 0.6 is 23.2 Å². The zero-order valence-electron chi connectivity index (χ0n) is 17.3. The summed E-state index contributed by atoms with van der Waals surface area (Å²) < 4.78 is 27.8. The molecular formula is C24H21Cl2NO3S. The number of hydrogen-bond donors (Lipinski definition) is 0. The Morgan fingerprint density at radius 2 is 1.58 bits per heavy atom. The first kappa shape index (κ1) is 23.1. The maximum absolute atomic E-state index is 13.5. The Kier molecular flexibility index (Phi) is 6.90. The van der Waals surface area contributed by atoms with Gasteiger partial charge in [0.1, 0.15) is 0 Å². The largest absolute Gasteiger partial charge is 0.271 e. The Bertz CT molecular complexity index is 1270. The highest BCUT2D eigenvalue weighted by atomic mass is 35.5. The summed E-state index contributed by atoms with van der Waals surface area (Å²) in [7, 11) is -4.14. The van der Waals surface area contributed by atoms with Crippen molar-refractivity contribution in [2.24, 2.45) is 0 Å². The molecule has 0 aliphatic rings. The molecule has 0 spiro atoms. The maximum Gasteiger partial charge on any atom is 0.271 e. The predicted octanol–water partition coefficient (Wildman–Crippen LogP) is 6.35. The lowest BCUT2D eigenvalue weighted by Crippen LogP contribution is -2.36. The van der Waals surface area contributed by atoms with Gasteiger partial charge in [-0.25, -0.2) is 8.42 Å². The van der Waals surface area contributed by atoms with Crippen LogP contribution in [0.25, 0.3) is 6.08 Å². The molecular weight excluding hydrogens is 453 g/mol. The standard InChI is InChI=1S/C24H21Cl2NO3S/c1-16-7-11-20(12-8-16)31(29,30)27(23-6-4-5-17(2)18(23)3)24(28)14-10-19-9-13-21(25)22(26)15-19/h4-15H,1-3H3/b14-10+. The molecule has 0 heterocycles. The monoisotopic (exact) mass is 473 g/mol. The van der Waals surface area contributed by atoms with Crippen molar-refractivity contribution in [2.45, 2.75) is 25.7 Å². The number of carbonyl (C=O) groups excluding carboxylic acids is 1. The molecule has 0 N–H and O–H groups in total. The van der Waals surface area contributed by atoms with E-state index < -0.39 is 15.9 Å². The number of rotatable bonds is 5. The van der Waals surface area contributed by atoms with Crippen LogP contribution in [0.4, 0.5) is 5.69 Å². The van der Waals surface area contributed by atoms with Gasteiger partial charge in [0.2, 0.25) is 0 Å². The van der Waals surface area contributed by atoms with E-state index >= 15 is 0 Å². The van der Waals surface area contributed by atoms with Crippen molar-refractivity contribution in [3.05, 3.63) is 99.0 Å². The summed E-state index contributed by atoms with van der Waals surface area (Å²) in [5.41, 5.74) is 3.43. The minimum absolute atomic E-state index is 0.0373. The molecule has 0 bridgehead atoms. The number of sulfonamides is 1. The number of benzene rings is 3. The third-order valence-electron chi connectivity index (χ3n) is 4.92. The molecule has 0 aliphatic heterocycles. The van der Waals surface area contributed by atoms with E-state index in [9.17, 15) is 13.2 Å². The van der Waals surface area contributed by atoms with Crippen LogP contribution in [0.2, 0.25) is 10.0 Å². The molecule has 0 fully saturated rings. The highest BCUT2D eigenvalue weighted by Crippen LogP contribution is 2.30. The lowest BCUT2D eigenvalue weighted by molar-refractivity contribution is -0.113. The minimum atomic E-state index is -4.14. The van der Waals surface area contributed by atoms with Gasteiger partial charge < -0.3 is 0 Å². The Labute approximate surface area is 192 Å². The Balaban J connectivity index is 2.10. The fraction of sp³-hybridized carbons (Fsp3) is 0.125. The van der Waals surface area contributed by atoms with Crippen LogP contribution in [0.3, 0.4) is 0 Å². The number of aryl methyl sites for hydroxylation is 2. The van der Waals surface area contributed by atoms with Crippen LogP contribution in [0.1, 0.15) is 22.3 Å². The van der Waals surface area contributed by atoms with Crippen LogP contribution in [0, 0.1) is 20.8 Å². The molecule has 3 aromatic rings. The second kappa shape index (κ2) is 9.27. The number of carbonyl (C=O) groups is 1. The Hall–Kier alpha value is -2.60. The molecule has 4 nitrogen and oxygen atoms in total. The summed E-state index contributed by atoms with van der Waals surface area (Å²) in [5, 5.41) is 0.735. The summed E-state index contributed by atoms with van der Waals surface area (Å²) in [4.78, 5) is 13.3. The fourth-order valence-electron chi connectivity index (χ4n) is 2.99. The molecule has 3 aromatic carbocycles. The van der Waals surface area contributed by atoms with Gasteiger partial charge in [-0.05, 0) is 73.9 Å². The van der Waals surface area contributed by atoms with Gasteiger partial charge in [-0.3, -0.25) is 4.79 Å². The predicted molar refractivity (Wildman–Crippen MR) is 127 cm³/mol. The average molecular weight is 474 g/mol. The van der Waals surface area contributed by atoms with E-state index in [1.54, 1.807) is 49.4 Å². The van der Waals surface area contributed by atoms with Crippen LogP contribution in [0.5, 0.6) is 0 Å². The molecule has 7 heteroatoms. The van der Waals surface area contributed by atoms with E-state index in [-0.39, 0.29) is 4.90 Å². The van der Waals surface area contributed by atoms with E-state index in [1.165, 1.54) is 24.3 Å². The van der Waals surface area contributed by atoms with Crippen molar-refractivity contribution >= 4 is 50.9 Å². The first-order valence-electron chi connectivity index (χ1n) is 9.46. The first-order chi connectivity index (χ1) is 14.6. The molecule has 0 atom stereocenters. The van der Waals surface area contributed by atoms with Crippen molar-refractivity contribution in [3.63, 3.8) is 0 Å². The van der Waals surface area contributed by atoms with Crippen LogP contribution in [-0.4, -0.2) is 14.3 Å². The molecule has 0 aromatic heterocycles. The van der Waals surface area contributed by atoms with Gasteiger partial charge in [-0.15, -0.1) is 0 Å². The van der Waals surface area contributed by atoms with Crippen molar-refractivity contribution in [1.82, 2.24) is 0 Å². The number of anilines is 1. The van der Waals surface area contributed by atoms with E-state index in [0.717, 1.165) is 15.4 Å². The third-order valence-corrected chi connectivity index (χ3v) is 7.38. The lowest BCUT2D eigenvalue weighted by atomic mass is 10.1. The molecule has 0 saturated carbocycles. The molecule has 160 valence electrons. The van der Waals surface area contributed by atoms with Gasteiger partial charge in [0.25, 0.3) is 15.9 Å². The summed E-state index contributed by atoms with van der Waals surface area (Å²) >= 11 is 12.0. The van der Waals surface area contributed by atoms with Gasteiger partial charge in [-0.1, -0.05) is 59.1 Å². The first-order valence-corrected chi connectivity index (χ1v) is 11.7. The molecule has 3 rings (SSSR count). The quantitative estimate of drug-likeness (QED) is 0.405.